The van der Waals surface area contributed by atoms with Gasteiger partial charge in [-0.3, -0.25) is 0 Å². The largest absolute Gasteiger partial charge is 0.497 e. The third kappa shape index (κ3) is 4.35. The maximum atomic E-state index is 6.09. The highest BCUT2D eigenvalue weighted by Gasteiger charge is 2.18. The van der Waals surface area contributed by atoms with Crippen LogP contribution in [0.3, 0.4) is 0 Å². The Hall–Kier alpha value is -3.12. The van der Waals surface area contributed by atoms with Gasteiger partial charge >= 0.3 is 0 Å². The highest BCUT2D eigenvalue weighted by atomic mass is 35.5. The summed E-state index contributed by atoms with van der Waals surface area (Å²) in [6.45, 7) is 2.05. The molecule has 0 saturated carbocycles. The van der Waals surface area contributed by atoms with Crippen molar-refractivity contribution in [2.75, 3.05) is 18.6 Å². The predicted molar refractivity (Wildman–Crippen MR) is 109 cm³/mol. The Bertz CT molecular complexity index is 973. The molecule has 0 amide bonds. The van der Waals surface area contributed by atoms with Crippen LogP contribution in [0, 0.1) is 0 Å². The van der Waals surface area contributed by atoms with Crippen molar-refractivity contribution in [3.05, 3.63) is 70.7 Å². The molecular weight excluding hydrogens is 362 g/mol. The lowest BCUT2D eigenvalue weighted by atomic mass is 9.92. The zero-order chi connectivity index (χ0) is 19.4. The van der Waals surface area contributed by atoms with Crippen molar-refractivity contribution < 1.29 is 4.74 Å². The van der Waals surface area contributed by atoms with Gasteiger partial charge in [-0.05, 0) is 53.6 Å². The number of hydrogen-bond acceptors (Lipinski definition) is 6. The second-order valence-corrected chi connectivity index (χ2v) is 6.48. The van der Waals surface area contributed by atoms with Crippen LogP contribution < -0.4 is 16.2 Å². The van der Waals surface area contributed by atoms with Crippen LogP contribution in [0.1, 0.15) is 24.0 Å². The average Bonchev–Trinajstić information content (AvgIpc) is 2.67. The lowest BCUT2D eigenvalue weighted by molar-refractivity contribution is 0.414. The number of rotatable bonds is 5. The van der Waals surface area contributed by atoms with Gasteiger partial charge in [0.15, 0.2) is 5.82 Å². The molecule has 0 fully saturated rings. The van der Waals surface area contributed by atoms with Gasteiger partial charge in [0.2, 0.25) is 0 Å². The van der Waals surface area contributed by atoms with Crippen molar-refractivity contribution in [2.24, 2.45) is 10.2 Å². The number of nitrogens with zero attached hydrogens (tertiary/aromatic N) is 3. The van der Waals surface area contributed by atoms with Gasteiger partial charge < -0.3 is 16.2 Å². The Kier molecular flexibility index (Phi) is 5.57. The highest BCUT2D eigenvalue weighted by molar-refractivity contribution is 6.30. The molecule has 138 valence electrons. The first-order valence-corrected chi connectivity index (χ1v) is 8.73. The molecule has 0 bridgehead atoms. The van der Waals surface area contributed by atoms with Gasteiger partial charge in [-0.1, -0.05) is 30.7 Å². The summed E-state index contributed by atoms with van der Waals surface area (Å²) in [5.74, 6) is 1.31. The molecule has 0 saturated heterocycles. The van der Waals surface area contributed by atoms with E-state index < -0.39 is 0 Å². The van der Waals surface area contributed by atoms with Gasteiger partial charge in [-0.2, -0.15) is 5.11 Å². The van der Waals surface area contributed by atoms with Crippen LogP contribution in [0.15, 0.2) is 64.8 Å². The topological polar surface area (TPSA) is 98.9 Å². The van der Waals surface area contributed by atoms with E-state index in [9.17, 15) is 0 Å². The van der Waals surface area contributed by atoms with E-state index in [-0.39, 0.29) is 11.7 Å². The summed E-state index contributed by atoms with van der Waals surface area (Å²) >= 11 is 5.90. The fourth-order valence-electron chi connectivity index (χ4n) is 2.74. The molecule has 1 atom stereocenters. The molecule has 0 aliphatic carbocycles. The van der Waals surface area contributed by atoms with Crippen molar-refractivity contribution >= 4 is 34.6 Å². The van der Waals surface area contributed by atoms with E-state index >= 15 is 0 Å². The van der Waals surface area contributed by atoms with Crippen LogP contribution >= 0.6 is 11.6 Å². The standard InChI is InChI=1S/C20H20ClN5O/c1-12(13-4-3-5-16(10-13)27-2)17-11-18(22)24-20(23)19(17)26-25-15-8-6-14(21)7-9-15/h3-12H,1-2H3,(H4,22,23,24)/b26-25+. The van der Waals surface area contributed by atoms with Gasteiger partial charge in [0, 0.05) is 10.9 Å². The normalized spacial score (nSPS) is 12.3. The molecule has 1 heterocycles. The SMILES string of the molecule is COc1cccc(C(C)c2cc(N)nc(N)c2/N=N/c2ccc(Cl)cc2)c1. The van der Waals surface area contributed by atoms with Gasteiger partial charge in [-0.25, -0.2) is 4.98 Å². The third-order valence-corrected chi connectivity index (χ3v) is 4.47. The Balaban J connectivity index is 2.02. The fourth-order valence-corrected chi connectivity index (χ4v) is 2.87. The monoisotopic (exact) mass is 381 g/mol. The molecule has 7 heteroatoms. The van der Waals surface area contributed by atoms with Crippen LogP contribution in [0.5, 0.6) is 5.75 Å². The zero-order valence-corrected chi connectivity index (χ0v) is 15.8. The zero-order valence-electron chi connectivity index (χ0n) is 15.1. The molecule has 1 unspecified atom stereocenters. The van der Waals surface area contributed by atoms with Gasteiger partial charge in [-0.15, -0.1) is 5.11 Å². The maximum Gasteiger partial charge on any atom is 0.154 e. The molecule has 3 rings (SSSR count). The first-order chi connectivity index (χ1) is 13.0. The van der Waals surface area contributed by atoms with Crippen molar-refractivity contribution in [3.8, 4) is 5.75 Å². The Morgan fingerprint density at radius 2 is 1.78 bits per heavy atom. The number of hydrogen-bond donors (Lipinski definition) is 2. The quantitative estimate of drug-likeness (QED) is 0.572. The summed E-state index contributed by atoms with van der Waals surface area (Å²) in [6, 6.07) is 16.6. The average molecular weight is 382 g/mol. The second kappa shape index (κ2) is 8.05. The number of nitrogen functional groups attached to an aromatic ring is 2. The van der Waals surface area contributed by atoms with E-state index in [2.05, 4.69) is 15.2 Å². The van der Waals surface area contributed by atoms with Crippen LogP contribution in [0.25, 0.3) is 0 Å². The lowest BCUT2D eigenvalue weighted by Gasteiger charge is -2.17. The van der Waals surface area contributed by atoms with E-state index in [1.165, 1.54) is 0 Å². The molecule has 0 radical (unpaired) electrons. The fraction of sp³-hybridized carbons (Fsp3) is 0.150. The van der Waals surface area contributed by atoms with Gasteiger partial charge in [0.05, 0.1) is 12.8 Å². The molecule has 0 aliphatic rings. The number of anilines is 2. The summed E-state index contributed by atoms with van der Waals surface area (Å²) in [5.41, 5.74) is 15.1. The van der Waals surface area contributed by atoms with E-state index in [0.29, 0.717) is 22.2 Å². The maximum absolute atomic E-state index is 6.09. The van der Waals surface area contributed by atoms with Crippen LogP contribution in [0.4, 0.5) is 23.0 Å². The predicted octanol–water partition coefficient (Wildman–Crippen LogP) is 5.48. The third-order valence-electron chi connectivity index (χ3n) is 4.22. The Morgan fingerprint density at radius 3 is 2.48 bits per heavy atom. The minimum absolute atomic E-state index is 0.0353. The van der Waals surface area contributed by atoms with Crippen molar-refractivity contribution in [3.63, 3.8) is 0 Å². The van der Waals surface area contributed by atoms with Crippen LogP contribution in [-0.4, -0.2) is 12.1 Å². The molecule has 1 aromatic heterocycles. The molecular formula is C20H20ClN5O. The second-order valence-electron chi connectivity index (χ2n) is 6.04. The summed E-state index contributed by atoms with van der Waals surface area (Å²) in [4.78, 5) is 4.13. The lowest BCUT2D eigenvalue weighted by Crippen LogP contribution is -2.04. The smallest absolute Gasteiger partial charge is 0.154 e. The molecule has 3 aromatic rings. The minimum atomic E-state index is -0.0353. The molecule has 0 aliphatic heterocycles. The van der Waals surface area contributed by atoms with Crippen molar-refractivity contribution in [1.29, 1.82) is 0 Å². The van der Waals surface area contributed by atoms with Crippen LogP contribution in [0.2, 0.25) is 5.02 Å². The van der Waals surface area contributed by atoms with E-state index in [0.717, 1.165) is 16.9 Å². The van der Waals surface area contributed by atoms with Crippen LogP contribution in [-0.2, 0) is 0 Å². The number of pyridine rings is 1. The minimum Gasteiger partial charge on any atom is -0.497 e. The molecule has 4 N–H and O–H groups in total. The number of methoxy groups -OCH3 is 1. The first-order valence-electron chi connectivity index (χ1n) is 8.35. The van der Waals surface area contributed by atoms with E-state index in [4.69, 9.17) is 27.8 Å². The Morgan fingerprint density at radius 1 is 1.04 bits per heavy atom. The molecule has 2 aromatic carbocycles. The highest BCUT2D eigenvalue weighted by Crippen LogP contribution is 2.38. The van der Waals surface area contributed by atoms with Crippen molar-refractivity contribution in [2.45, 2.75) is 12.8 Å². The number of nitrogens with two attached hydrogens (primary N) is 2. The molecule has 0 spiro atoms. The summed E-state index contributed by atoms with van der Waals surface area (Å²) < 4.78 is 5.32. The number of ether oxygens (including phenoxy) is 1. The number of benzene rings is 2. The van der Waals surface area contributed by atoms with Gasteiger partial charge in [0.25, 0.3) is 0 Å². The summed E-state index contributed by atoms with van der Waals surface area (Å²) in [5, 5.41) is 9.24. The molecule has 6 nitrogen and oxygen atoms in total. The number of aromatic nitrogens is 1. The molecule has 27 heavy (non-hydrogen) atoms. The summed E-state index contributed by atoms with van der Waals surface area (Å²) in [7, 11) is 1.64. The van der Waals surface area contributed by atoms with E-state index in [1.807, 2.05) is 31.2 Å². The van der Waals surface area contributed by atoms with Gasteiger partial charge in [0.1, 0.15) is 17.3 Å². The van der Waals surface area contributed by atoms with Crippen molar-refractivity contribution in [1.82, 2.24) is 4.98 Å². The number of azo groups is 1. The first kappa shape index (κ1) is 18.7. The Labute approximate surface area is 162 Å². The van der Waals surface area contributed by atoms with E-state index in [1.54, 1.807) is 37.4 Å². The number of halogens is 1. The summed E-state index contributed by atoms with van der Waals surface area (Å²) in [6.07, 6.45) is 0.